The first-order chi connectivity index (χ1) is 13.8. The van der Waals surface area contributed by atoms with E-state index in [1.54, 1.807) is 25.9 Å². The minimum atomic E-state index is -0.335. The molecule has 3 rings (SSSR count). The van der Waals surface area contributed by atoms with Crippen LogP contribution < -0.4 is 5.32 Å². The fourth-order valence-electron chi connectivity index (χ4n) is 2.97. The van der Waals surface area contributed by atoms with Crippen LogP contribution in [0, 0.1) is 13.8 Å². The van der Waals surface area contributed by atoms with Crippen LogP contribution in [0.1, 0.15) is 43.9 Å². The molecule has 2 heterocycles. The van der Waals surface area contributed by atoms with Crippen LogP contribution in [0.4, 0.5) is 5.82 Å². The van der Waals surface area contributed by atoms with Gasteiger partial charge in [0.15, 0.2) is 0 Å². The number of carbonyl (C=O) groups is 2. The summed E-state index contributed by atoms with van der Waals surface area (Å²) >= 11 is 1.32. The van der Waals surface area contributed by atoms with E-state index < -0.39 is 0 Å². The molecule has 0 atom stereocenters. The molecule has 0 aliphatic heterocycles. The van der Waals surface area contributed by atoms with E-state index in [1.807, 2.05) is 38.1 Å². The number of hydrogen-bond donors (Lipinski definition) is 1. The first kappa shape index (κ1) is 20.7. The topological polar surface area (TPSA) is 84.4 Å². The maximum atomic E-state index is 12.2. The van der Waals surface area contributed by atoms with E-state index in [4.69, 9.17) is 4.74 Å². The van der Waals surface area contributed by atoms with Crippen molar-refractivity contribution in [3.8, 4) is 0 Å². The number of nitrogens with one attached hydrogen (secondary N) is 1. The van der Waals surface area contributed by atoms with E-state index in [0.717, 1.165) is 21.3 Å². The summed E-state index contributed by atoms with van der Waals surface area (Å²) in [6, 6.07) is 7.46. The predicted molar refractivity (Wildman–Crippen MR) is 115 cm³/mol. The number of aromatic nitrogens is 2. The SMILES string of the molecule is CCOC(=O)c1sc2nc(C)nc(NCc3ccc(C(=O)N(C)C)cc3)c2c1C. The van der Waals surface area contributed by atoms with Crippen LogP contribution in [0.25, 0.3) is 10.2 Å². The number of anilines is 1. The molecule has 0 radical (unpaired) electrons. The Bertz CT molecular complexity index is 1060. The standard InChI is InChI=1S/C21H24N4O3S/c1-6-28-21(27)17-12(2)16-18(23-13(3)24-19(16)29-17)22-11-14-7-9-15(10-8-14)20(26)25(4)5/h7-10H,6,11H2,1-5H3,(H,22,23,24). The second-order valence-electron chi connectivity index (χ2n) is 6.83. The molecule has 152 valence electrons. The molecule has 0 fully saturated rings. The van der Waals surface area contributed by atoms with Gasteiger partial charge in [0.25, 0.3) is 5.91 Å². The summed E-state index contributed by atoms with van der Waals surface area (Å²) in [5, 5.41) is 4.19. The first-order valence-corrected chi connectivity index (χ1v) is 10.1. The van der Waals surface area contributed by atoms with Gasteiger partial charge >= 0.3 is 5.97 Å². The monoisotopic (exact) mass is 412 g/mol. The lowest BCUT2D eigenvalue weighted by molar-refractivity contribution is 0.0531. The molecule has 1 amide bonds. The van der Waals surface area contributed by atoms with E-state index in [2.05, 4.69) is 15.3 Å². The lowest BCUT2D eigenvalue weighted by atomic mass is 10.1. The molecule has 2 aromatic heterocycles. The van der Waals surface area contributed by atoms with Gasteiger partial charge in [-0.2, -0.15) is 0 Å². The zero-order valence-corrected chi connectivity index (χ0v) is 18.0. The predicted octanol–water partition coefficient (Wildman–Crippen LogP) is 3.80. The van der Waals surface area contributed by atoms with Crippen molar-refractivity contribution in [2.24, 2.45) is 0 Å². The Morgan fingerprint density at radius 2 is 1.83 bits per heavy atom. The molecule has 0 saturated heterocycles. The maximum Gasteiger partial charge on any atom is 0.348 e. The van der Waals surface area contributed by atoms with Crippen LogP contribution in [0.5, 0.6) is 0 Å². The fraction of sp³-hybridized carbons (Fsp3) is 0.333. The Hall–Kier alpha value is -3.00. The summed E-state index contributed by atoms with van der Waals surface area (Å²) in [5.41, 5.74) is 2.48. The highest BCUT2D eigenvalue weighted by Gasteiger charge is 2.20. The Morgan fingerprint density at radius 3 is 2.45 bits per heavy atom. The van der Waals surface area contributed by atoms with Crippen molar-refractivity contribution < 1.29 is 14.3 Å². The summed E-state index contributed by atoms with van der Waals surface area (Å²) < 4.78 is 5.16. The van der Waals surface area contributed by atoms with Crippen molar-refractivity contribution in [3.05, 3.63) is 51.7 Å². The lowest BCUT2D eigenvalue weighted by Crippen LogP contribution is -2.21. The average Bonchev–Trinajstić information content (AvgIpc) is 3.02. The number of hydrogen-bond acceptors (Lipinski definition) is 7. The highest BCUT2D eigenvalue weighted by atomic mass is 32.1. The molecule has 0 saturated carbocycles. The second kappa shape index (κ2) is 8.57. The van der Waals surface area contributed by atoms with Crippen molar-refractivity contribution in [2.45, 2.75) is 27.3 Å². The number of esters is 1. The van der Waals surface area contributed by atoms with Crippen LogP contribution in [-0.4, -0.2) is 47.4 Å². The van der Waals surface area contributed by atoms with Gasteiger partial charge in [-0.05, 0) is 44.0 Å². The van der Waals surface area contributed by atoms with Crippen LogP contribution >= 0.6 is 11.3 Å². The number of thiophene rings is 1. The molecule has 0 spiro atoms. The van der Waals surface area contributed by atoms with Crippen molar-refractivity contribution >= 4 is 39.2 Å². The van der Waals surface area contributed by atoms with Gasteiger partial charge in [0.05, 0.1) is 12.0 Å². The average molecular weight is 413 g/mol. The van der Waals surface area contributed by atoms with Gasteiger partial charge in [-0.25, -0.2) is 14.8 Å². The van der Waals surface area contributed by atoms with Gasteiger partial charge in [0, 0.05) is 26.2 Å². The maximum absolute atomic E-state index is 12.2. The number of fused-ring (bicyclic) bond motifs is 1. The van der Waals surface area contributed by atoms with Crippen LogP contribution in [0.15, 0.2) is 24.3 Å². The molecule has 3 aromatic rings. The Balaban J connectivity index is 1.86. The van der Waals surface area contributed by atoms with Gasteiger partial charge in [-0.15, -0.1) is 11.3 Å². The zero-order chi connectivity index (χ0) is 21.1. The molecule has 1 aromatic carbocycles. The Morgan fingerprint density at radius 1 is 1.14 bits per heavy atom. The normalized spacial score (nSPS) is 10.8. The Kier molecular flexibility index (Phi) is 6.12. The summed E-state index contributed by atoms with van der Waals surface area (Å²) in [4.78, 5) is 36.1. The van der Waals surface area contributed by atoms with Gasteiger partial charge in [0.2, 0.25) is 0 Å². The van der Waals surface area contributed by atoms with Crippen molar-refractivity contribution in [2.75, 3.05) is 26.0 Å². The summed E-state index contributed by atoms with van der Waals surface area (Å²) in [7, 11) is 3.46. The molecule has 8 heteroatoms. The number of aryl methyl sites for hydroxylation is 2. The zero-order valence-electron chi connectivity index (χ0n) is 17.2. The van der Waals surface area contributed by atoms with E-state index >= 15 is 0 Å². The minimum Gasteiger partial charge on any atom is -0.462 e. The van der Waals surface area contributed by atoms with Crippen molar-refractivity contribution in [3.63, 3.8) is 0 Å². The molecule has 0 aliphatic carbocycles. The molecule has 29 heavy (non-hydrogen) atoms. The number of ether oxygens (including phenoxy) is 1. The van der Waals surface area contributed by atoms with E-state index in [1.165, 1.54) is 11.3 Å². The van der Waals surface area contributed by atoms with Gasteiger partial charge in [-0.1, -0.05) is 12.1 Å². The molecule has 0 bridgehead atoms. The third-order valence-electron chi connectivity index (χ3n) is 4.43. The molecule has 7 nitrogen and oxygen atoms in total. The minimum absolute atomic E-state index is 0.0296. The van der Waals surface area contributed by atoms with Gasteiger partial charge in [0.1, 0.15) is 21.3 Å². The smallest absolute Gasteiger partial charge is 0.348 e. The third-order valence-corrected chi connectivity index (χ3v) is 5.60. The molecule has 1 N–H and O–H groups in total. The lowest BCUT2D eigenvalue weighted by Gasteiger charge is -2.11. The van der Waals surface area contributed by atoms with Crippen LogP contribution in [0.3, 0.4) is 0 Å². The third kappa shape index (κ3) is 4.37. The fourth-order valence-corrected chi connectivity index (χ4v) is 4.09. The summed E-state index contributed by atoms with van der Waals surface area (Å²) in [6.07, 6.45) is 0. The van der Waals surface area contributed by atoms with E-state index in [0.29, 0.717) is 35.2 Å². The number of benzene rings is 1. The van der Waals surface area contributed by atoms with Gasteiger partial charge < -0.3 is 15.0 Å². The second-order valence-corrected chi connectivity index (χ2v) is 7.83. The van der Waals surface area contributed by atoms with Crippen LogP contribution in [-0.2, 0) is 11.3 Å². The number of carbonyl (C=O) groups excluding carboxylic acids is 2. The first-order valence-electron chi connectivity index (χ1n) is 9.31. The van der Waals surface area contributed by atoms with E-state index in [-0.39, 0.29) is 11.9 Å². The largest absolute Gasteiger partial charge is 0.462 e. The van der Waals surface area contributed by atoms with E-state index in [9.17, 15) is 9.59 Å². The highest BCUT2D eigenvalue weighted by Crippen LogP contribution is 2.34. The molecular weight excluding hydrogens is 388 g/mol. The number of nitrogens with zero attached hydrogens (tertiary/aromatic N) is 3. The molecule has 0 unspecified atom stereocenters. The van der Waals surface area contributed by atoms with Crippen molar-refractivity contribution in [1.82, 2.24) is 14.9 Å². The van der Waals surface area contributed by atoms with Gasteiger partial charge in [-0.3, -0.25) is 4.79 Å². The molecule has 0 aliphatic rings. The number of rotatable bonds is 6. The summed E-state index contributed by atoms with van der Waals surface area (Å²) in [5.74, 6) is 0.949. The quantitative estimate of drug-likeness (QED) is 0.620. The van der Waals surface area contributed by atoms with Crippen LogP contribution in [0.2, 0.25) is 0 Å². The highest BCUT2D eigenvalue weighted by molar-refractivity contribution is 7.20. The summed E-state index contributed by atoms with van der Waals surface area (Å²) in [6.45, 7) is 6.36. The number of amides is 1. The van der Waals surface area contributed by atoms with Crippen molar-refractivity contribution in [1.29, 1.82) is 0 Å². The molecular formula is C21H24N4O3S. The Labute approximate surface area is 173 Å².